The topological polar surface area (TPSA) is 61.8 Å². The minimum atomic E-state index is 0. The fourth-order valence-electron chi connectivity index (χ4n) is 3.17. The van der Waals surface area contributed by atoms with Gasteiger partial charge in [-0.15, -0.1) is 24.0 Å². The van der Waals surface area contributed by atoms with Gasteiger partial charge in [0, 0.05) is 46.0 Å². The lowest BCUT2D eigenvalue weighted by molar-refractivity contribution is 0.0468. The molecule has 0 spiro atoms. The van der Waals surface area contributed by atoms with Crippen LogP contribution >= 0.6 is 24.0 Å². The monoisotopic (exact) mass is 475 g/mol. The van der Waals surface area contributed by atoms with Crippen LogP contribution in [0.25, 0.3) is 0 Å². The maximum atomic E-state index is 6.01. The first-order valence-electron chi connectivity index (χ1n) is 9.38. The molecule has 0 amide bonds. The molecule has 26 heavy (non-hydrogen) atoms. The predicted octanol–water partition coefficient (Wildman–Crippen LogP) is 3.17. The second-order valence-corrected chi connectivity index (χ2v) is 6.72. The third-order valence-electron chi connectivity index (χ3n) is 4.51. The van der Waals surface area contributed by atoms with Gasteiger partial charge in [-0.05, 0) is 18.9 Å². The molecule has 1 aliphatic rings. The number of pyridine rings is 1. The number of hydrogen-bond acceptors (Lipinski definition) is 4. The van der Waals surface area contributed by atoms with Gasteiger partial charge in [0.25, 0.3) is 0 Å². The van der Waals surface area contributed by atoms with Gasteiger partial charge in [-0.3, -0.25) is 4.99 Å². The van der Waals surface area contributed by atoms with E-state index in [-0.39, 0.29) is 24.0 Å². The Balaban J connectivity index is 0.00000338. The molecule has 1 aliphatic carbocycles. The van der Waals surface area contributed by atoms with Gasteiger partial charge in [0.2, 0.25) is 0 Å². The molecule has 6 nitrogen and oxygen atoms in total. The molecular formula is C19H34IN5O. The van der Waals surface area contributed by atoms with E-state index in [1.54, 1.807) is 7.05 Å². The van der Waals surface area contributed by atoms with Crippen molar-refractivity contribution in [3.05, 3.63) is 23.9 Å². The Morgan fingerprint density at radius 1 is 1.23 bits per heavy atom. The first kappa shape index (κ1) is 23.0. The van der Waals surface area contributed by atoms with Gasteiger partial charge in [-0.25, -0.2) is 4.98 Å². The van der Waals surface area contributed by atoms with E-state index in [0.717, 1.165) is 30.5 Å². The summed E-state index contributed by atoms with van der Waals surface area (Å²) in [5, 5.41) is 6.67. The van der Waals surface area contributed by atoms with Crippen LogP contribution in [0, 0.1) is 0 Å². The van der Waals surface area contributed by atoms with Crippen molar-refractivity contribution in [1.29, 1.82) is 0 Å². The molecule has 7 heteroatoms. The van der Waals surface area contributed by atoms with E-state index < -0.39 is 0 Å². The number of aliphatic imine (C=N–C) groups is 1. The molecule has 1 saturated carbocycles. The molecule has 0 unspecified atom stereocenters. The van der Waals surface area contributed by atoms with Crippen molar-refractivity contribution in [2.45, 2.75) is 51.2 Å². The summed E-state index contributed by atoms with van der Waals surface area (Å²) in [6, 6.07) is 4.04. The first-order valence-corrected chi connectivity index (χ1v) is 9.38. The number of nitrogens with zero attached hydrogens (tertiary/aromatic N) is 3. The molecule has 1 aromatic heterocycles. The maximum Gasteiger partial charge on any atom is 0.191 e. The fourth-order valence-corrected chi connectivity index (χ4v) is 3.17. The summed E-state index contributed by atoms with van der Waals surface area (Å²) >= 11 is 0. The average molecular weight is 475 g/mol. The molecule has 1 aromatic rings. The fraction of sp³-hybridized carbons (Fsp3) is 0.684. The van der Waals surface area contributed by atoms with Crippen molar-refractivity contribution in [3.63, 3.8) is 0 Å². The van der Waals surface area contributed by atoms with E-state index >= 15 is 0 Å². The first-order chi connectivity index (χ1) is 12.2. The van der Waals surface area contributed by atoms with Crippen LogP contribution in [-0.4, -0.2) is 51.3 Å². The Morgan fingerprint density at radius 2 is 1.96 bits per heavy atom. The molecule has 0 radical (unpaired) electrons. The van der Waals surface area contributed by atoms with Gasteiger partial charge >= 0.3 is 0 Å². The number of hydrogen-bond donors (Lipinski definition) is 2. The Hall–Kier alpha value is -1.09. The Bertz CT molecular complexity index is 530. The molecule has 0 bridgehead atoms. The van der Waals surface area contributed by atoms with Crippen molar-refractivity contribution < 1.29 is 4.74 Å². The minimum Gasteiger partial charge on any atom is -0.376 e. The molecule has 1 heterocycles. The van der Waals surface area contributed by atoms with Crippen LogP contribution in [0.3, 0.4) is 0 Å². The second kappa shape index (κ2) is 13.1. The summed E-state index contributed by atoms with van der Waals surface area (Å²) < 4.78 is 6.01. The summed E-state index contributed by atoms with van der Waals surface area (Å²) in [5.41, 5.74) is 1.14. The number of halogens is 1. The normalized spacial score (nSPS) is 15.7. The molecule has 1 fully saturated rings. The Labute approximate surface area is 175 Å². The summed E-state index contributed by atoms with van der Waals surface area (Å²) in [4.78, 5) is 10.7. The van der Waals surface area contributed by atoms with Gasteiger partial charge in [0.1, 0.15) is 5.82 Å². The van der Waals surface area contributed by atoms with Crippen LogP contribution in [0.15, 0.2) is 23.3 Å². The number of guanidine groups is 1. The van der Waals surface area contributed by atoms with Gasteiger partial charge in [-0.1, -0.05) is 31.7 Å². The standard InChI is InChI=1S/C19H33N5O.HI/c1-20-19(22-13-14-25-17-10-6-4-5-7-11-17)23-15-16-9-8-12-21-18(16)24(2)3;/h8-9,12,17H,4-7,10-11,13-15H2,1-3H3,(H2,20,22,23);1H. The zero-order valence-corrected chi connectivity index (χ0v) is 18.7. The van der Waals surface area contributed by atoms with Gasteiger partial charge < -0.3 is 20.3 Å². The molecule has 148 valence electrons. The molecule has 2 rings (SSSR count). The maximum absolute atomic E-state index is 6.01. The zero-order valence-electron chi connectivity index (χ0n) is 16.3. The smallest absolute Gasteiger partial charge is 0.191 e. The van der Waals surface area contributed by atoms with Gasteiger partial charge in [-0.2, -0.15) is 0 Å². The van der Waals surface area contributed by atoms with Crippen molar-refractivity contribution in [1.82, 2.24) is 15.6 Å². The number of nitrogens with one attached hydrogen (secondary N) is 2. The number of anilines is 1. The van der Waals surface area contributed by atoms with Crippen LogP contribution in [0.1, 0.15) is 44.1 Å². The van der Waals surface area contributed by atoms with Crippen molar-refractivity contribution in [3.8, 4) is 0 Å². The van der Waals surface area contributed by atoms with Crippen LogP contribution in [0.5, 0.6) is 0 Å². The molecular weight excluding hydrogens is 441 g/mol. The average Bonchev–Trinajstić information content (AvgIpc) is 2.90. The highest BCUT2D eigenvalue weighted by Crippen LogP contribution is 2.19. The van der Waals surface area contributed by atoms with Crippen LogP contribution in [0.4, 0.5) is 5.82 Å². The van der Waals surface area contributed by atoms with Crippen molar-refractivity contribution in [2.24, 2.45) is 4.99 Å². The van der Waals surface area contributed by atoms with Crippen LogP contribution < -0.4 is 15.5 Å². The lowest BCUT2D eigenvalue weighted by Crippen LogP contribution is -2.39. The van der Waals surface area contributed by atoms with E-state index in [4.69, 9.17) is 4.74 Å². The number of aromatic nitrogens is 1. The third-order valence-corrected chi connectivity index (χ3v) is 4.51. The Kier molecular flexibility index (Phi) is 11.6. The lowest BCUT2D eigenvalue weighted by atomic mass is 10.1. The number of ether oxygens (including phenoxy) is 1. The summed E-state index contributed by atoms with van der Waals surface area (Å²) in [7, 11) is 5.80. The summed E-state index contributed by atoms with van der Waals surface area (Å²) in [6.07, 6.45) is 10.0. The second-order valence-electron chi connectivity index (χ2n) is 6.72. The van der Waals surface area contributed by atoms with E-state index in [2.05, 4.69) is 26.7 Å². The highest BCUT2D eigenvalue weighted by molar-refractivity contribution is 14.0. The largest absolute Gasteiger partial charge is 0.376 e. The summed E-state index contributed by atoms with van der Waals surface area (Å²) in [6.45, 7) is 2.18. The number of rotatable bonds is 7. The molecule has 0 aromatic carbocycles. The predicted molar refractivity (Wildman–Crippen MR) is 120 cm³/mol. The van der Waals surface area contributed by atoms with Crippen LogP contribution in [0.2, 0.25) is 0 Å². The molecule has 2 N–H and O–H groups in total. The Morgan fingerprint density at radius 3 is 2.62 bits per heavy atom. The van der Waals surface area contributed by atoms with E-state index in [9.17, 15) is 0 Å². The summed E-state index contributed by atoms with van der Waals surface area (Å²) in [5.74, 6) is 1.76. The van der Waals surface area contributed by atoms with E-state index in [1.165, 1.54) is 38.5 Å². The van der Waals surface area contributed by atoms with Gasteiger partial charge in [0.05, 0.1) is 12.7 Å². The van der Waals surface area contributed by atoms with E-state index in [1.807, 2.05) is 31.3 Å². The van der Waals surface area contributed by atoms with Crippen LogP contribution in [-0.2, 0) is 11.3 Å². The quantitative estimate of drug-likeness (QED) is 0.209. The molecule has 0 saturated heterocycles. The molecule has 0 aliphatic heterocycles. The van der Waals surface area contributed by atoms with Crippen molar-refractivity contribution in [2.75, 3.05) is 39.2 Å². The zero-order chi connectivity index (χ0) is 17.9. The van der Waals surface area contributed by atoms with Crippen molar-refractivity contribution >= 4 is 35.8 Å². The minimum absolute atomic E-state index is 0. The van der Waals surface area contributed by atoms with Gasteiger partial charge in [0.15, 0.2) is 5.96 Å². The highest BCUT2D eigenvalue weighted by Gasteiger charge is 2.12. The highest BCUT2D eigenvalue weighted by atomic mass is 127. The lowest BCUT2D eigenvalue weighted by Gasteiger charge is -2.18. The van der Waals surface area contributed by atoms with E-state index in [0.29, 0.717) is 12.6 Å². The SMILES string of the molecule is CN=C(NCCOC1CCCCCC1)NCc1cccnc1N(C)C.I. The molecule has 0 atom stereocenters. The third kappa shape index (κ3) is 8.07.